The van der Waals surface area contributed by atoms with Crippen LogP contribution in [0.25, 0.3) is 0 Å². The number of ether oxygens (including phenoxy) is 1. The second-order valence-electron chi connectivity index (χ2n) is 3.61. The number of amides is 1. The minimum atomic E-state index is -0.608. The van der Waals surface area contributed by atoms with Gasteiger partial charge in [0.05, 0.1) is 12.8 Å². The van der Waals surface area contributed by atoms with E-state index in [2.05, 4.69) is 0 Å². The molecule has 0 fully saturated rings. The normalized spacial score (nSPS) is 9.44. The summed E-state index contributed by atoms with van der Waals surface area (Å²) in [4.78, 5) is 12.6. The van der Waals surface area contributed by atoms with Crippen molar-refractivity contribution in [3.63, 3.8) is 0 Å². The highest BCUT2D eigenvalue weighted by atomic mass is 16.5. The van der Waals surface area contributed by atoms with Gasteiger partial charge in [-0.25, -0.2) is 0 Å². The molecule has 0 aliphatic heterocycles. The van der Waals surface area contributed by atoms with Crippen LogP contribution in [0.5, 0.6) is 5.75 Å². The summed E-state index contributed by atoms with van der Waals surface area (Å²) in [6.45, 7) is 3.83. The minimum absolute atomic E-state index is 0.608. The van der Waals surface area contributed by atoms with Gasteiger partial charge in [0.2, 0.25) is 0 Å². The molecule has 4 heteroatoms. The van der Waals surface area contributed by atoms with E-state index in [1.165, 1.54) is 4.90 Å². The maximum atomic E-state index is 11.3. The van der Waals surface area contributed by atoms with Gasteiger partial charge in [0.1, 0.15) is 5.75 Å². The zero-order valence-corrected chi connectivity index (χ0v) is 9.87. The standard InChI is InChI=1S/C12H14N2O2/c1-8-5-9(2)12(16-4)10(6-8)14(3)11(15)7-13/h5-6H,1-4H3. The fourth-order valence-corrected chi connectivity index (χ4v) is 1.63. The summed E-state index contributed by atoms with van der Waals surface area (Å²) < 4.78 is 5.24. The number of rotatable bonds is 2. The Kier molecular flexibility index (Phi) is 3.51. The smallest absolute Gasteiger partial charge is 0.329 e. The van der Waals surface area contributed by atoms with E-state index in [1.807, 2.05) is 26.0 Å². The molecule has 16 heavy (non-hydrogen) atoms. The van der Waals surface area contributed by atoms with Crippen LogP contribution in [0.15, 0.2) is 12.1 Å². The van der Waals surface area contributed by atoms with Crippen molar-refractivity contribution in [3.8, 4) is 11.8 Å². The van der Waals surface area contributed by atoms with Gasteiger partial charge in [0, 0.05) is 7.05 Å². The van der Waals surface area contributed by atoms with Crippen LogP contribution in [-0.4, -0.2) is 20.1 Å². The number of nitrogens with zero attached hydrogens (tertiary/aromatic N) is 2. The number of hydrogen-bond acceptors (Lipinski definition) is 3. The first-order valence-corrected chi connectivity index (χ1v) is 4.84. The van der Waals surface area contributed by atoms with Gasteiger partial charge in [0.25, 0.3) is 0 Å². The number of nitriles is 1. The van der Waals surface area contributed by atoms with Gasteiger partial charge in [-0.05, 0) is 31.0 Å². The van der Waals surface area contributed by atoms with E-state index in [1.54, 1.807) is 20.2 Å². The molecule has 1 aromatic carbocycles. The average molecular weight is 218 g/mol. The van der Waals surface area contributed by atoms with E-state index < -0.39 is 5.91 Å². The second kappa shape index (κ2) is 4.67. The average Bonchev–Trinajstić information content (AvgIpc) is 2.26. The SMILES string of the molecule is COc1c(C)cc(C)cc1N(C)C(=O)C#N. The molecule has 0 unspecified atom stereocenters. The first-order valence-electron chi connectivity index (χ1n) is 4.84. The third-order valence-electron chi connectivity index (χ3n) is 2.37. The number of aryl methyl sites for hydroxylation is 2. The summed E-state index contributed by atoms with van der Waals surface area (Å²) in [5, 5.41) is 8.59. The molecule has 0 saturated heterocycles. The summed E-state index contributed by atoms with van der Waals surface area (Å²) in [6, 6.07) is 5.37. The number of anilines is 1. The number of hydrogen-bond donors (Lipinski definition) is 0. The van der Waals surface area contributed by atoms with Gasteiger partial charge < -0.3 is 4.74 Å². The largest absolute Gasteiger partial charge is 0.494 e. The molecule has 0 saturated carbocycles. The van der Waals surface area contributed by atoms with Gasteiger partial charge >= 0.3 is 5.91 Å². The van der Waals surface area contributed by atoms with Gasteiger partial charge in [0.15, 0.2) is 6.07 Å². The minimum Gasteiger partial charge on any atom is -0.494 e. The molecule has 1 rings (SSSR count). The number of benzene rings is 1. The van der Waals surface area contributed by atoms with E-state index in [4.69, 9.17) is 10.00 Å². The van der Waals surface area contributed by atoms with Crippen LogP contribution in [0.2, 0.25) is 0 Å². The zero-order chi connectivity index (χ0) is 12.3. The van der Waals surface area contributed by atoms with Gasteiger partial charge in [-0.2, -0.15) is 5.26 Å². The van der Waals surface area contributed by atoms with Crippen LogP contribution < -0.4 is 9.64 Å². The van der Waals surface area contributed by atoms with Gasteiger partial charge in [-0.15, -0.1) is 0 Å². The van der Waals surface area contributed by atoms with Crippen molar-refractivity contribution < 1.29 is 9.53 Å². The molecule has 1 amide bonds. The molecular weight excluding hydrogens is 204 g/mol. The lowest BCUT2D eigenvalue weighted by molar-refractivity contribution is -0.113. The number of methoxy groups -OCH3 is 1. The predicted molar refractivity (Wildman–Crippen MR) is 61.5 cm³/mol. The van der Waals surface area contributed by atoms with E-state index >= 15 is 0 Å². The van der Waals surface area contributed by atoms with Crippen LogP contribution in [0.4, 0.5) is 5.69 Å². The highest BCUT2D eigenvalue weighted by Crippen LogP contribution is 2.32. The topological polar surface area (TPSA) is 53.3 Å². The van der Waals surface area contributed by atoms with Crippen LogP contribution >= 0.6 is 0 Å². The van der Waals surface area contributed by atoms with Crippen molar-refractivity contribution in [2.75, 3.05) is 19.1 Å². The van der Waals surface area contributed by atoms with Gasteiger partial charge in [-0.3, -0.25) is 9.69 Å². The fraction of sp³-hybridized carbons (Fsp3) is 0.333. The Hall–Kier alpha value is -2.02. The van der Waals surface area contributed by atoms with Crippen molar-refractivity contribution in [2.45, 2.75) is 13.8 Å². The molecule has 0 bridgehead atoms. The summed E-state index contributed by atoms with van der Waals surface area (Å²) in [6.07, 6.45) is 0. The maximum Gasteiger partial charge on any atom is 0.329 e. The fourth-order valence-electron chi connectivity index (χ4n) is 1.63. The van der Waals surface area contributed by atoms with E-state index in [0.29, 0.717) is 11.4 Å². The summed E-state index contributed by atoms with van der Waals surface area (Å²) in [5.74, 6) is 0.0139. The quantitative estimate of drug-likeness (QED) is 0.711. The molecule has 0 heterocycles. The second-order valence-corrected chi connectivity index (χ2v) is 3.61. The van der Waals surface area contributed by atoms with Crippen LogP contribution in [0.3, 0.4) is 0 Å². The monoisotopic (exact) mass is 218 g/mol. The third kappa shape index (κ3) is 2.14. The molecule has 0 aliphatic rings. The Morgan fingerprint density at radius 2 is 2.06 bits per heavy atom. The lowest BCUT2D eigenvalue weighted by atomic mass is 10.1. The van der Waals surface area contributed by atoms with Crippen molar-refractivity contribution in [3.05, 3.63) is 23.3 Å². The van der Waals surface area contributed by atoms with Crippen molar-refractivity contribution in [2.24, 2.45) is 0 Å². The Morgan fingerprint density at radius 1 is 1.44 bits per heavy atom. The predicted octanol–water partition coefficient (Wildman–Crippen LogP) is 1.80. The Bertz CT molecular complexity index is 461. The molecule has 1 aromatic rings. The summed E-state index contributed by atoms with van der Waals surface area (Å²) >= 11 is 0. The van der Waals surface area contributed by atoms with E-state index in [-0.39, 0.29) is 0 Å². The van der Waals surface area contributed by atoms with Crippen LogP contribution in [-0.2, 0) is 4.79 Å². The van der Waals surface area contributed by atoms with Crippen molar-refractivity contribution in [1.82, 2.24) is 0 Å². The Labute approximate surface area is 95.0 Å². The first-order chi connectivity index (χ1) is 7.51. The molecule has 4 nitrogen and oxygen atoms in total. The molecule has 0 spiro atoms. The number of carbonyl (C=O) groups is 1. The lowest BCUT2D eigenvalue weighted by Gasteiger charge is -2.19. The molecule has 0 aliphatic carbocycles. The molecule has 0 atom stereocenters. The van der Waals surface area contributed by atoms with Crippen LogP contribution in [0, 0.1) is 25.2 Å². The lowest BCUT2D eigenvalue weighted by Crippen LogP contribution is -2.25. The molecule has 84 valence electrons. The summed E-state index contributed by atoms with van der Waals surface area (Å²) in [7, 11) is 3.11. The number of carbonyl (C=O) groups excluding carboxylic acids is 1. The van der Waals surface area contributed by atoms with Crippen molar-refractivity contribution >= 4 is 11.6 Å². The highest BCUT2D eigenvalue weighted by Gasteiger charge is 2.16. The van der Waals surface area contributed by atoms with Crippen LogP contribution in [0.1, 0.15) is 11.1 Å². The van der Waals surface area contributed by atoms with Gasteiger partial charge in [-0.1, -0.05) is 6.07 Å². The molecular formula is C12H14N2O2. The molecule has 0 N–H and O–H groups in total. The van der Waals surface area contributed by atoms with E-state index in [0.717, 1.165) is 11.1 Å². The molecule has 0 aromatic heterocycles. The Balaban J connectivity index is 3.32. The zero-order valence-electron chi connectivity index (χ0n) is 9.87. The summed E-state index contributed by atoms with van der Waals surface area (Å²) in [5.41, 5.74) is 2.58. The van der Waals surface area contributed by atoms with E-state index in [9.17, 15) is 4.79 Å². The highest BCUT2D eigenvalue weighted by molar-refractivity contribution is 6.04. The molecule has 0 radical (unpaired) electrons. The Morgan fingerprint density at radius 3 is 2.56 bits per heavy atom. The van der Waals surface area contributed by atoms with Crippen molar-refractivity contribution in [1.29, 1.82) is 5.26 Å². The first kappa shape index (κ1) is 12.1. The maximum absolute atomic E-state index is 11.3. The third-order valence-corrected chi connectivity index (χ3v) is 2.37.